The summed E-state index contributed by atoms with van der Waals surface area (Å²) < 4.78 is 11.9. The van der Waals surface area contributed by atoms with Crippen molar-refractivity contribution in [2.45, 2.75) is 0 Å². The fourth-order valence-electron chi connectivity index (χ4n) is 2.83. The number of rotatable bonds is 2. The third-order valence-corrected chi connectivity index (χ3v) is 3.99. The summed E-state index contributed by atoms with van der Waals surface area (Å²) in [6, 6.07) is 10.6. The Morgan fingerprint density at radius 1 is 1.29 bits per heavy atom. The number of carbonyl (C=O) groups is 1. The highest BCUT2D eigenvalue weighted by Gasteiger charge is 2.17. The lowest BCUT2D eigenvalue weighted by atomic mass is 10.2. The van der Waals surface area contributed by atoms with Crippen LogP contribution in [0.2, 0.25) is 0 Å². The topological polar surface area (TPSA) is 90.1 Å². The van der Waals surface area contributed by atoms with Gasteiger partial charge in [0.05, 0.1) is 34.8 Å². The molecule has 0 aliphatic heterocycles. The van der Waals surface area contributed by atoms with E-state index in [1.165, 1.54) is 7.11 Å². The molecule has 0 fully saturated rings. The largest absolute Gasteiger partial charge is 0.465 e. The Hall–Kier alpha value is -3.35. The minimum absolute atomic E-state index is 0.404. The van der Waals surface area contributed by atoms with Gasteiger partial charge in [-0.1, -0.05) is 6.07 Å². The van der Waals surface area contributed by atoms with Crippen LogP contribution in [0, 0.1) is 0 Å². The molecule has 4 rings (SSSR count). The number of H-pyrrole nitrogens is 1. The molecule has 0 spiro atoms. The minimum Gasteiger partial charge on any atom is -0.465 e. The molecule has 4 aromatic rings. The maximum atomic E-state index is 11.7. The number of ether oxygens (including phenoxy) is 1. The predicted molar refractivity (Wildman–Crippen MR) is 87.9 cm³/mol. The lowest BCUT2D eigenvalue weighted by Crippen LogP contribution is -2.01. The number of benzene rings is 2. The first kappa shape index (κ1) is 14.3. The zero-order valence-electron chi connectivity index (χ0n) is 13.0. The molecule has 0 saturated heterocycles. The van der Waals surface area contributed by atoms with E-state index in [9.17, 15) is 9.59 Å². The molecule has 0 saturated carbocycles. The molecular weight excluding hydrogens is 310 g/mol. The van der Waals surface area contributed by atoms with Gasteiger partial charge in [0.15, 0.2) is 5.58 Å². The summed E-state index contributed by atoms with van der Waals surface area (Å²) in [7, 11) is 3.19. The minimum atomic E-state index is -0.510. The van der Waals surface area contributed by atoms with Gasteiger partial charge in [-0.05, 0) is 30.3 Å². The summed E-state index contributed by atoms with van der Waals surface area (Å²) in [5.74, 6) is -0.275. The molecule has 0 bridgehead atoms. The number of aromatic amines is 1. The van der Waals surface area contributed by atoms with Crippen molar-refractivity contribution in [3.05, 3.63) is 52.5 Å². The van der Waals surface area contributed by atoms with Gasteiger partial charge >= 0.3 is 11.7 Å². The zero-order chi connectivity index (χ0) is 16.8. The van der Waals surface area contributed by atoms with Crippen LogP contribution in [0.1, 0.15) is 10.4 Å². The molecule has 0 amide bonds. The average Bonchev–Trinajstić information content (AvgIpc) is 3.13. The van der Waals surface area contributed by atoms with E-state index >= 15 is 0 Å². The van der Waals surface area contributed by atoms with Gasteiger partial charge in [-0.15, -0.1) is 0 Å². The number of nitrogens with one attached hydrogen (secondary N) is 1. The Morgan fingerprint density at radius 3 is 2.92 bits per heavy atom. The van der Waals surface area contributed by atoms with Crippen LogP contribution >= 0.6 is 0 Å². The predicted octanol–water partition coefficient (Wildman–Crippen LogP) is 2.46. The number of oxazole rings is 1. The Morgan fingerprint density at radius 2 is 2.12 bits per heavy atom. The van der Waals surface area contributed by atoms with E-state index in [0.717, 1.165) is 11.0 Å². The van der Waals surface area contributed by atoms with Gasteiger partial charge in [0.25, 0.3) is 0 Å². The molecular formula is C17H13N3O4. The lowest BCUT2D eigenvalue weighted by Gasteiger charge is -2.03. The molecule has 120 valence electrons. The number of para-hydroxylation sites is 1. The summed E-state index contributed by atoms with van der Waals surface area (Å²) in [6.45, 7) is 0. The van der Waals surface area contributed by atoms with Crippen molar-refractivity contribution in [3.63, 3.8) is 0 Å². The summed E-state index contributed by atoms with van der Waals surface area (Å²) in [5.41, 5.74) is 3.72. The molecule has 24 heavy (non-hydrogen) atoms. The summed E-state index contributed by atoms with van der Waals surface area (Å²) >= 11 is 0. The lowest BCUT2D eigenvalue weighted by molar-refractivity contribution is 0.0601. The van der Waals surface area contributed by atoms with Crippen LogP contribution in [0.4, 0.5) is 0 Å². The van der Waals surface area contributed by atoms with Crippen LogP contribution in [0.5, 0.6) is 0 Å². The third-order valence-electron chi connectivity index (χ3n) is 3.99. The molecule has 0 unspecified atom stereocenters. The molecule has 0 aliphatic carbocycles. The van der Waals surface area contributed by atoms with Gasteiger partial charge < -0.3 is 13.7 Å². The quantitative estimate of drug-likeness (QED) is 0.572. The van der Waals surface area contributed by atoms with Crippen molar-refractivity contribution < 1.29 is 13.9 Å². The van der Waals surface area contributed by atoms with E-state index in [0.29, 0.717) is 28.1 Å². The van der Waals surface area contributed by atoms with Crippen LogP contribution < -0.4 is 5.76 Å². The maximum absolute atomic E-state index is 11.7. The molecule has 0 aliphatic rings. The molecule has 2 aromatic carbocycles. The van der Waals surface area contributed by atoms with Crippen LogP contribution in [0.3, 0.4) is 0 Å². The monoisotopic (exact) mass is 323 g/mol. The molecule has 0 radical (unpaired) electrons. The maximum Gasteiger partial charge on any atom is 0.417 e. The second-order valence-corrected chi connectivity index (χ2v) is 5.39. The summed E-state index contributed by atoms with van der Waals surface area (Å²) in [5, 5.41) is 0. The third kappa shape index (κ3) is 2.02. The van der Waals surface area contributed by atoms with Gasteiger partial charge in [-0.2, -0.15) is 0 Å². The van der Waals surface area contributed by atoms with Gasteiger partial charge in [0, 0.05) is 7.05 Å². The number of esters is 1. The first-order valence-electron chi connectivity index (χ1n) is 7.25. The number of hydrogen-bond acceptors (Lipinski definition) is 5. The van der Waals surface area contributed by atoms with Gasteiger partial charge in [0.2, 0.25) is 0 Å². The zero-order valence-corrected chi connectivity index (χ0v) is 13.0. The van der Waals surface area contributed by atoms with Crippen LogP contribution in [-0.2, 0) is 11.8 Å². The highest BCUT2D eigenvalue weighted by molar-refractivity contribution is 5.95. The summed E-state index contributed by atoms with van der Waals surface area (Å²) in [4.78, 5) is 30.4. The second-order valence-electron chi connectivity index (χ2n) is 5.39. The molecule has 2 aromatic heterocycles. The van der Waals surface area contributed by atoms with Crippen molar-refractivity contribution in [2.24, 2.45) is 7.05 Å². The van der Waals surface area contributed by atoms with E-state index in [1.807, 2.05) is 23.7 Å². The molecule has 7 nitrogen and oxygen atoms in total. The van der Waals surface area contributed by atoms with E-state index in [4.69, 9.17) is 9.15 Å². The van der Waals surface area contributed by atoms with Gasteiger partial charge in [-0.3, -0.25) is 4.98 Å². The molecule has 0 atom stereocenters. The normalized spacial score (nSPS) is 11.2. The Balaban J connectivity index is 1.98. The molecule has 2 heterocycles. The van der Waals surface area contributed by atoms with Gasteiger partial charge in [-0.25, -0.2) is 14.6 Å². The van der Waals surface area contributed by atoms with Crippen LogP contribution in [-0.4, -0.2) is 27.6 Å². The number of aryl methyl sites for hydroxylation is 1. The fraction of sp³-hybridized carbons (Fsp3) is 0.118. The van der Waals surface area contributed by atoms with E-state index in [2.05, 4.69) is 9.97 Å². The number of carbonyl (C=O) groups excluding carboxylic acids is 1. The van der Waals surface area contributed by atoms with Crippen LogP contribution in [0.15, 0.2) is 45.6 Å². The molecule has 1 N–H and O–H groups in total. The first-order valence-corrected chi connectivity index (χ1v) is 7.25. The van der Waals surface area contributed by atoms with Crippen molar-refractivity contribution in [2.75, 3.05) is 7.11 Å². The smallest absolute Gasteiger partial charge is 0.417 e. The van der Waals surface area contributed by atoms with Gasteiger partial charge in [0.1, 0.15) is 5.82 Å². The van der Waals surface area contributed by atoms with E-state index < -0.39 is 11.7 Å². The number of hydrogen-bond donors (Lipinski definition) is 1. The second kappa shape index (κ2) is 5.09. The number of methoxy groups -OCH3 is 1. The van der Waals surface area contributed by atoms with Crippen molar-refractivity contribution in [1.82, 2.24) is 14.5 Å². The SMILES string of the molecule is COC(=O)c1ccc2nc(-c3cccc4[nH]c(=O)oc34)n(C)c2c1. The Kier molecular flexibility index (Phi) is 3.02. The highest BCUT2D eigenvalue weighted by Crippen LogP contribution is 2.29. The Bertz CT molecular complexity index is 1150. The van der Waals surface area contributed by atoms with E-state index in [1.54, 1.807) is 24.3 Å². The highest BCUT2D eigenvalue weighted by atomic mass is 16.5. The fourth-order valence-corrected chi connectivity index (χ4v) is 2.83. The number of fused-ring (bicyclic) bond motifs is 2. The number of aromatic nitrogens is 3. The average molecular weight is 323 g/mol. The van der Waals surface area contributed by atoms with E-state index in [-0.39, 0.29) is 0 Å². The number of nitrogens with zero attached hydrogens (tertiary/aromatic N) is 2. The first-order chi connectivity index (χ1) is 11.6. The standard InChI is InChI=1S/C17H13N3O4/c1-20-13-8-9(16(21)23-2)6-7-11(13)18-15(20)10-4-3-5-12-14(10)24-17(22)19-12/h3-8H,1-2H3,(H,19,22). The van der Waals surface area contributed by atoms with Crippen molar-refractivity contribution in [3.8, 4) is 11.4 Å². The Labute approximate surface area is 135 Å². The van der Waals surface area contributed by atoms with Crippen molar-refractivity contribution >= 4 is 28.1 Å². The van der Waals surface area contributed by atoms with Crippen molar-refractivity contribution in [1.29, 1.82) is 0 Å². The van der Waals surface area contributed by atoms with Crippen LogP contribution in [0.25, 0.3) is 33.5 Å². The summed E-state index contributed by atoms with van der Waals surface area (Å²) in [6.07, 6.45) is 0. The number of imidazole rings is 1. The molecule has 7 heteroatoms.